The summed E-state index contributed by atoms with van der Waals surface area (Å²) in [5, 5.41) is 10.0. The van der Waals surface area contributed by atoms with Crippen LogP contribution in [0.3, 0.4) is 0 Å². The van der Waals surface area contributed by atoms with Crippen LogP contribution in [0.2, 0.25) is 4.34 Å². The molecule has 0 saturated heterocycles. The van der Waals surface area contributed by atoms with Gasteiger partial charge < -0.3 is 9.84 Å². The number of sulfonamides is 1. The molecule has 14 heteroatoms. The Hall–Kier alpha value is -3.91. The van der Waals surface area contributed by atoms with Crippen molar-refractivity contribution >= 4 is 50.8 Å². The number of carbonyl (C=O) groups excluding carboxylic acids is 1. The van der Waals surface area contributed by atoms with Crippen molar-refractivity contribution in [3.63, 3.8) is 0 Å². The summed E-state index contributed by atoms with van der Waals surface area (Å²) in [7, 11) is -4.09. The number of benzene rings is 1. The quantitative estimate of drug-likeness (QED) is 0.237. The molecule has 42 heavy (non-hydrogen) atoms. The molecule has 11 nitrogen and oxygen atoms in total. The maximum Gasteiger partial charge on any atom is 0.416 e. The third-order valence-corrected chi connectivity index (χ3v) is 8.18. The predicted molar refractivity (Wildman–Crippen MR) is 159 cm³/mol. The van der Waals surface area contributed by atoms with Gasteiger partial charge in [-0.05, 0) is 57.0 Å². The molecule has 1 atom stereocenters. The molecule has 0 fully saturated rings. The second-order valence-corrected chi connectivity index (χ2v) is 13.4. The lowest BCUT2D eigenvalue weighted by Gasteiger charge is -2.26. The number of halogens is 1. The third-order valence-electron chi connectivity index (χ3n) is 5.63. The largest absolute Gasteiger partial charge is 0.480 e. The van der Waals surface area contributed by atoms with Crippen LogP contribution >= 0.6 is 22.9 Å². The van der Waals surface area contributed by atoms with Crippen LogP contribution in [0, 0.1) is 0 Å². The first-order chi connectivity index (χ1) is 19.8. The lowest BCUT2D eigenvalue weighted by atomic mass is 10.0. The second kappa shape index (κ2) is 12.9. The summed E-state index contributed by atoms with van der Waals surface area (Å²) in [6.07, 6.45) is 2.21. The summed E-state index contributed by atoms with van der Waals surface area (Å²) in [4.78, 5) is 38.1. The maximum absolute atomic E-state index is 13.3. The highest BCUT2D eigenvalue weighted by molar-refractivity contribution is 7.89. The van der Waals surface area contributed by atoms with E-state index in [0.29, 0.717) is 4.34 Å². The zero-order chi connectivity index (χ0) is 30.5. The number of anilines is 1. The molecule has 220 valence electrons. The van der Waals surface area contributed by atoms with Gasteiger partial charge in [-0.1, -0.05) is 48.0 Å². The molecule has 0 aliphatic rings. The van der Waals surface area contributed by atoms with Gasteiger partial charge in [0.05, 0.1) is 17.9 Å². The molecule has 0 spiro atoms. The van der Waals surface area contributed by atoms with Gasteiger partial charge in [0, 0.05) is 11.8 Å². The maximum atomic E-state index is 13.3. The van der Waals surface area contributed by atoms with Gasteiger partial charge in [0.15, 0.2) is 5.03 Å². The van der Waals surface area contributed by atoms with Gasteiger partial charge in [-0.2, -0.15) is 0 Å². The monoisotopic (exact) mass is 629 g/mol. The van der Waals surface area contributed by atoms with Crippen LogP contribution in [-0.4, -0.2) is 52.7 Å². The van der Waals surface area contributed by atoms with Gasteiger partial charge in [0.1, 0.15) is 27.3 Å². The summed E-state index contributed by atoms with van der Waals surface area (Å²) in [6, 6.07) is 15.6. The minimum atomic E-state index is -4.09. The number of hydrogen-bond acceptors (Lipinski definition) is 9. The standard InChI is InChI=1S/C28H28ClN5O6S2/c1-28(2,3)40-27(37)34(17-25(35)36)23-8-6-7-20(32-23)21(33-42(38,39)24-9-4-5-14-30-24)15-18-10-12-19(13-11-18)26-31-16-22(29)41-26/h4-14,16,21,33H,15,17H2,1-3H3,(H,35,36). The van der Waals surface area contributed by atoms with E-state index in [1.54, 1.807) is 51.2 Å². The number of hydrogen-bond donors (Lipinski definition) is 2. The first-order valence-electron chi connectivity index (χ1n) is 12.6. The molecule has 4 aromatic rings. The predicted octanol–water partition coefficient (Wildman–Crippen LogP) is 5.34. The summed E-state index contributed by atoms with van der Waals surface area (Å²) in [5.41, 5.74) is 0.990. The molecular weight excluding hydrogens is 602 g/mol. The van der Waals surface area contributed by atoms with E-state index < -0.39 is 40.3 Å². The van der Waals surface area contributed by atoms with Crippen molar-refractivity contribution in [3.8, 4) is 10.6 Å². The summed E-state index contributed by atoms with van der Waals surface area (Å²) >= 11 is 7.36. The lowest BCUT2D eigenvalue weighted by molar-refractivity contribution is -0.135. The highest BCUT2D eigenvalue weighted by atomic mass is 35.5. The molecule has 1 amide bonds. The Kier molecular flexibility index (Phi) is 9.57. The first kappa shape index (κ1) is 31.0. The zero-order valence-electron chi connectivity index (χ0n) is 22.9. The number of carbonyl (C=O) groups is 2. The summed E-state index contributed by atoms with van der Waals surface area (Å²) in [5.74, 6) is -1.29. The SMILES string of the molecule is CC(C)(C)OC(=O)N(CC(=O)O)c1cccc(C(Cc2ccc(-c3ncc(Cl)s3)cc2)NS(=O)(=O)c2ccccn2)n1. The number of pyridine rings is 2. The molecule has 2 N–H and O–H groups in total. The number of thiazole rings is 1. The average molecular weight is 630 g/mol. The van der Waals surface area contributed by atoms with Crippen molar-refractivity contribution in [3.05, 3.63) is 88.7 Å². The Morgan fingerprint density at radius 3 is 2.40 bits per heavy atom. The Bertz CT molecular complexity index is 1660. The molecule has 0 radical (unpaired) electrons. The van der Waals surface area contributed by atoms with Crippen LogP contribution in [0.4, 0.5) is 10.6 Å². The fourth-order valence-corrected chi connectivity index (χ4v) is 5.92. The van der Waals surface area contributed by atoms with Gasteiger partial charge >= 0.3 is 12.1 Å². The van der Waals surface area contributed by atoms with Crippen molar-refractivity contribution in [2.24, 2.45) is 0 Å². The van der Waals surface area contributed by atoms with Gasteiger partial charge in [0.25, 0.3) is 10.0 Å². The Morgan fingerprint density at radius 1 is 1.07 bits per heavy atom. The van der Waals surface area contributed by atoms with Crippen molar-refractivity contribution in [1.82, 2.24) is 19.7 Å². The Balaban J connectivity index is 1.70. The molecule has 3 aromatic heterocycles. The number of aliphatic carboxylic acids is 1. The van der Waals surface area contributed by atoms with Crippen molar-refractivity contribution < 1.29 is 27.9 Å². The van der Waals surface area contributed by atoms with E-state index in [9.17, 15) is 23.1 Å². The average Bonchev–Trinajstić information content (AvgIpc) is 3.37. The van der Waals surface area contributed by atoms with Crippen molar-refractivity contribution in [2.45, 2.75) is 43.9 Å². The highest BCUT2D eigenvalue weighted by Gasteiger charge is 2.28. The smallest absolute Gasteiger partial charge is 0.416 e. The van der Waals surface area contributed by atoms with E-state index in [1.807, 2.05) is 24.3 Å². The van der Waals surface area contributed by atoms with Crippen molar-refractivity contribution in [1.29, 1.82) is 0 Å². The molecule has 0 saturated carbocycles. The van der Waals surface area contributed by atoms with E-state index in [4.69, 9.17) is 16.3 Å². The molecule has 0 bridgehead atoms. The minimum Gasteiger partial charge on any atom is -0.480 e. The van der Waals surface area contributed by atoms with E-state index in [2.05, 4.69) is 19.7 Å². The zero-order valence-corrected chi connectivity index (χ0v) is 25.3. The molecule has 1 unspecified atom stereocenters. The van der Waals surface area contributed by atoms with Gasteiger partial charge in [-0.25, -0.2) is 32.9 Å². The number of carboxylic acids is 1. The topological polar surface area (TPSA) is 152 Å². The van der Waals surface area contributed by atoms with Gasteiger partial charge in [-0.3, -0.25) is 9.69 Å². The van der Waals surface area contributed by atoms with Crippen LogP contribution < -0.4 is 9.62 Å². The molecule has 3 heterocycles. The fourth-order valence-electron chi connectivity index (χ4n) is 3.84. The highest BCUT2D eigenvalue weighted by Crippen LogP contribution is 2.29. The van der Waals surface area contributed by atoms with E-state index >= 15 is 0 Å². The number of nitrogens with one attached hydrogen (secondary N) is 1. The second-order valence-electron chi connectivity index (χ2n) is 10.1. The number of nitrogens with zero attached hydrogens (tertiary/aromatic N) is 4. The number of carboxylic acid groups (broad SMARTS) is 1. The van der Waals surface area contributed by atoms with Crippen molar-refractivity contribution in [2.75, 3.05) is 11.4 Å². The van der Waals surface area contributed by atoms with E-state index in [-0.39, 0.29) is 23.0 Å². The molecule has 4 rings (SSSR count). The number of rotatable bonds is 10. The van der Waals surface area contributed by atoms with E-state index in [1.165, 1.54) is 29.7 Å². The first-order valence-corrected chi connectivity index (χ1v) is 15.3. The summed E-state index contributed by atoms with van der Waals surface area (Å²) in [6.45, 7) is 4.26. The summed E-state index contributed by atoms with van der Waals surface area (Å²) < 4.78 is 35.2. The van der Waals surface area contributed by atoms with Crippen LogP contribution in [0.25, 0.3) is 10.6 Å². The molecule has 0 aliphatic heterocycles. The van der Waals surface area contributed by atoms with Crippen LogP contribution in [0.15, 0.2) is 78.1 Å². The number of aromatic nitrogens is 3. The molecule has 1 aromatic carbocycles. The fraction of sp³-hybridized carbons (Fsp3) is 0.250. The Labute approximate surface area is 252 Å². The normalized spacial score (nSPS) is 12.5. The molecular formula is C28H28ClN5O6S2. The van der Waals surface area contributed by atoms with Gasteiger partial charge in [0.2, 0.25) is 0 Å². The van der Waals surface area contributed by atoms with Crippen LogP contribution in [-0.2, 0) is 26.0 Å². The van der Waals surface area contributed by atoms with Crippen LogP contribution in [0.5, 0.6) is 0 Å². The number of amides is 1. The lowest BCUT2D eigenvalue weighted by Crippen LogP contribution is -2.40. The third kappa shape index (κ3) is 8.32. The minimum absolute atomic E-state index is 0.0119. The van der Waals surface area contributed by atoms with Gasteiger partial charge in [-0.15, -0.1) is 11.3 Å². The Morgan fingerprint density at radius 2 is 1.81 bits per heavy atom. The van der Waals surface area contributed by atoms with E-state index in [0.717, 1.165) is 21.0 Å². The number of ether oxygens (including phenoxy) is 1. The molecule has 0 aliphatic carbocycles. The van der Waals surface area contributed by atoms with Crippen LogP contribution in [0.1, 0.15) is 38.1 Å².